The molecule has 1 heterocycles. The highest BCUT2D eigenvalue weighted by Gasteiger charge is 2.30. The lowest BCUT2D eigenvalue weighted by atomic mass is 9.97. The summed E-state index contributed by atoms with van der Waals surface area (Å²) in [4.78, 5) is 11.5. The molecule has 1 aliphatic rings. The van der Waals surface area contributed by atoms with Crippen LogP contribution >= 0.6 is 0 Å². The molecule has 5 nitrogen and oxygen atoms in total. The van der Waals surface area contributed by atoms with Gasteiger partial charge in [0, 0.05) is 17.5 Å². The van der Waals surface area contributed by atoms with Crippen molar-refractivity contribution in [3.63, 3.8) is 0 Å². The average Bonchev–Trinajstić information content (AvgIpc) is 2.44. The van der Waals surface area contributed by atoms with Gasteiger partial charge >= 0.3 is 5.97 Å². The predicted octanol–water partition coefficient (Wildman–Crippen LogP) is 1.32. The normalized spacial score (nSPS) is 17.8. The molecule has 0 aromatic heterocycles. The third-order valence-electron chi connectivity index (χ3n) is 3.07. The molecular formula is C13H16O5. The molecule has 0 aliphatic carbocycles. The van der Waals surface area contributed by atoms with Crippen molar-refractivity contribution in [1.29, 1.82) is 0 Å². The first-order valence-corrected chi connectivity index (χ1v) is 5.63. The smallest absolute Gasteiger partial charge is 0.335 e. The lowest BCUT2D eigenvalue weighted by molar-refractivity contribution is -0.155. The molecule has 1 unspecified atom stereocenters. The first-order chi connectivity index (χ1) is 8.71. The van der Waals surface area contributed by atoms with Crippen molar-refractivity contribution in [3.8, 4) is 11.5 Å². The molecule has 1 aliphatic heterocycles. The Morgan fingerprint density at radius 2 is 1.78 bits per heavy atom. The number of methoxy groups -OCH3 is 3. The van der Waals surface area contributed by atoms with E-state index in [9.17, 15) is 4.79 Å². The summed E-state index contributed by atoms with van der Waals surface area (Å²) in [5.74, 6) is 1.11. The van der Waals surface area contributed by atoms with E-state index < -0.39 is 6.10 Å². The third kappa shape index (κ3) is 2.13. The van der Waals surface area contributed by atoms with Crippen LogP contribution in [0.3, 0.4) is 0 Å². The lowest BCUT2D eigenvalue weighted by Crippen LogP contribution is -2.32. The molecule has 0 saturated carbocycles. The highest BCUT2D eigenvalue weighted by atomic mass is 16.6. The van der Waals surface area contributed by atoms with E-state index >= 15 is 0 Å². The third-order valence-corrected chi connectivity index (χ3v) is 3.07. The number of hydrogen-bond acceptors (Lipinski definition) is 5. The number of carbonyl (C=O) groups is 1. The Balaban J connectivity index is 2.37. The van der Waals surface area contributed by atoms with E-state index in [2.05, 4.69) is 0 Å². The fraction of sp³-hybridized carbons (Fsp3) is 0.462. The van der Waals surface area contributed by atoms with Gasteiger partial charge in [0.15, 0.2) is 6.10 Å². The molecule has 0 N–H and O–H groups in total. The minimum atomic E-state index is -0.580. The average molecular weight is 252 g/mol. The maximum absolute atomic E-state index is 11.5. The molecule has 0 amide bonds. The topological polar surface area (TPSA) is 54.0 Å². The Hall–Kier alpha value is -1.75. The molecule has 1 aromatic carbocycles. The van der Waals surface area contributed by atoms with Crippen LogP contribution in [0.4, 0.5) is 0 Å². The van der Waals surface area contributed by atoms with Gasteiger partial charge in [0.05, 0.1) is 27.9 Å². The zero-order chi connectivity index (χ0) is 13.1. The van der Waals surface area contributed by atoms with Gasteiger partial charge < -0.3 is 18.9 Å². The molecule has 0 bridgehead atoms. The van der Waals surface area contributed by atoms with Gasteiger partial charge in [-0.2, -0.15) is 0 Å². The van der Waals surface area contributed by atoms with Crippen LogP contribution in [0.5, 0.6) is 11.5 Å². The van der Waals surface area contributed by atoms with Gasteiger partial charge in [-0.3, -0.25) is 0 Å². The van der Waals surface area contributed by atoms with Crippen molar-refractivity contribution in [2.45, 2.75) is 19.1 Å². The maximum Gasteiger partial charge on any atom is 0.335 e. The molecule has 0 fully saturated rings. The maximum atomic E-state index is 11.5. The second-order valence-electron chi connectivity index (χ2n) is 3.95. The van der Waals surface area contributed by atoms with Gasteiger partial charge in [0.2, 0.25) is 0 Å². The number of rotatable bonds is 3. The molecule has 2 rings (SSSR count). The molecule has 1 aromatic rings. The van der Waals surface area contributed by atoms with E-state index in [1.54, 1.807) is 14.2 Å². The first-order valence-electron chi connectivity index (χ1n) is 5.63. The summed E-state index contributed by atoms with van der Waals surface area (Å²) < 4.78 is 20.8. The van der Waals surface area contributed by atoms with Crippen LogP contribution in [0.2, 0.25) is 0 Å². The van der Waals surface area contributed by atoms with E-state index in [1.807, 2.05) is 12.1 Å². The predicted molar refractivity (Wildman–Crippen MR) is 63.8 cm³/mol. The molecule has 5 heteroatoms. The summed E-state index contributed by atoms with van der Waals surface area (Å²) >= 11 is 0. The van der Waals surface area contributed by atoms with E-state index in [0.29, 0.717) is 13.0 Å². The first kappa shape index (κ1) is 12.7. The SMILES string of the molecule is COC(=O)C1Cc2c(OC)ccc(OC)c2CO1. The van der Waals surface area contributed by atoms with Crippen molar-refractivity contribution in [2.24, 2.45) is 0 Å². The highest BCUT2D eigenvalue weighted by Crippen LogP contribution is 2.35. The van der Waals surface area contributed by atoms with E-state index in [-0.39, 0.29) is 5.97 Å². The molecular weight excluding hydrogens is 236 g/mol. The minimum Gasteiger partial charge on any atom is -0.496 e. The quantitative estimate of drug-likeness (QED) is 0.759. The van der Waals surface area contributed by atoms with Crippen LogP contribution in [0.15, 0.2) is 12.1 Å². The monoisotopic (exact) mass is 252 g/mol. The highest BCUT2D eigenvalue weighted by molar-refractivity contribution is 5.75. The Morgan fingerprint density at radius 3 is 2.33 bits per heavy atom. The molecule has 1 atom stereocenters. The fourth-order valence-electron chi connectivity index (χ4n) is 2.13. The number of ether oxygens (including phenoxy) is 4. The van der Waals surface area contributed by atoms with Crippen LogP contribution in [-0.2, 0) is 27.3 Å². The van der Waals surface area contributed by atoms with Gasteiger partial charge in [0.1, 0.15) is 11.5 Å². The summed E-state index contributed by atoms with van der Waals surface area (Å²) in [6.45, 7) is 0.315. The number of benzene rings is 1. The summed E-state index contributed by atoms with van der Waals surface area (Å²) in [6.07, 6.45) is -0.147. The van der Waals surface area contributed by atoms with E-state index in [4.69, 9.17) is 18.9 Å². The molecule has 0 radical (unpaired) electrons. The molecule has 0 saturated heterocycles. The molecule has 0 spiro atoms. The van der Waals surface area contributed by atoms with E-state index in [1.165, 1.54) is 7.11 Å². The van der Waals surface area contributed by atoms with Crippen LogP contribution in [0.25, 0.3) is 0 Å². The summed E-state index contributed by atoms with van der Waals surface area (Å²) in [5.41, 5.74) is 1.87. The number of esters is 1. The Labute approximate surface area is 106 Å². The Morgan fingerprint density at radius 1 is 1.17 bits per heavy atom. The van der Waals surface area contributed by atoms with Crippen molar-refractivity contribution >= 4 is 5.97 Å². The summed E-state index contributed by atoms with van der Waals surface area (Å²) in [7, 11) is 4.56. The van der Waals surface area contributed by atoms with Gasteiger partial charge in [-0.15, -0.1) is 0 Å². The van der Waals surface area contributed by atoms with E-state index in [0.717, 1.165) is 22.6 Å². The fourth-order valence-corrected chi connectivity index (χ4v) is 2.13. The number of fused-ring (bicyclic) bond motifs is 1. The van der Waals surface area contributed by atoms with Gasteiger partial charge in [-0.1, -0.05) is 0 Å². The zero-order valence-corrected chi connectivity index (χ0v) is 10.7. The zero-order valence-electron chi connectivity index (χ0n) is 10.7. The van der Waals surface area contributed by atoms with Gasteiger partial charge in [0.25, 0.3) is 0 Å². The second kappa shape index (κ2) is 5.27. The van der Waals surface area contributed by atoms with Crippen molar-refractivity contribution in [1.82, 2.24) is 0 Å². The lowest BCUT2D eigenvalue weighted by Gasteiger charge is -2.26. The number of hydrogen-bond donors (Lipinski definition) is 0. The largest absolute Gasteiger partial charge is 0.496 e. The Kier molecular flexibility index (Phi) is 3.72. The van der Waals surface area contributed by atoms with Crippen molar-refractivity contribution in [2.75, 3.05) is 21.3 Å². The van der Waals surface area contributed by atoms with Crippen molar-refractivity contribution in [3.05, 3.63) is 23.3 Å². The minimum absolute atomic E-state index is 0.315. The van der Waals surface area contributed by atoms with Crippen LogP contribution in [0, 0.1) is 0 Å². The molecule has 18 heavy (non-hydrogen) atoms. The van der Waals surface area contributed by atoms with Crippen molar-refractivity contribution < 1.29 is 23.7 Å². The molecule has 98 valence electrons. The second-order valence-corrected chi connectivity index (χ2v) is 3.95. The summed E-state index contributed by atoms with van der Waals surface area (Å²) in [6, 6.07) is 3.66. The van der Waals surface area contributed by atoms with Crippen LogP contribution < -0.4 is 9.47 Å². The van der Waals surface area contributed by atoms with Crippen LogP contribution in [-0.4, -0.2) is 33.4 Å². The Bertz CT molecular complexity index is 455. The van der Waals surface area contributed by atoms with Gasteiger partial charge in [-0.25, -0.2) is 4.79 Å². The standard InChI is InChI=1S/C13H16O5/c1-15-10-4-5-11(16-2)9-7-18-12(6-8(9)10)13(14)17-3/h4-5,12H,6-7H2,1-3H3. The number of carbonyl (C=O) groups excluding carboxylic acids is 1. The van der Waals surface area contributed by atoms with Gasteiger partial charge in [-0.05, 0) is 12.1 Å². The summed E-state index contributed by atoms with van der Waals surface area (Å²) in [5, 5.41) is 0. The van der Waals surface area contributed by atoms with Crippen LogP contribution in [0.1, 0.15) is 11.1 Å².